The van der Waals surface area contributed by atoms with Gasteiger partial charge >= 0.3 is 0 Å². The Morgan fingerprint density at radius 1 is 0.449 bits per heavy atom. The Bertz CT molecular complexity index is 2540. The minimum Gasteiger partial charge on any atom is -0.392 e. The van der Waals surface area contributed by atoms with Crippen molar-refractivity contribution < 1.29 is 5.11 Å². The molecule has 0 aliphatic carbocycles. The standard InChI is InChI=1S/C44H40N4O/c1-24-19-26(3)40(27(4)20-24)43-36-13-11-32(45-36)33-12-14-37(46-33)44(41-28(5)21-25(2)22-29(41)6)39-18-16-35(48-39)42(34-15-17-38(43)47-34)31-9-7-30(23-49)8-10-31/h7-22,45,47-49H,23H2,1-6H3. The highest BCUT2D eigenvalue weighted by Crippen LogP contribution is 2.39. The number of aliphatic hydroxyl groups is 1. The van der Waals surface area contributed by atoms with E-state index in [2.05, 4.69) is 141 Å². The number of aliphatic hydroxyl groups excluding tert-OH is 1. The summed E-state index contributed by atoms with van der Waals surface area (Å²) in [7, 11) is 0. The van der Waals surface area contributed by atoms with Crippen molar-refractivity contribution >= 4 is 45.3 Å². The quantitative estimate of drug-likeness (QED) is 0.154. The van der Waals surface area contributed by atoms with Crippen LogP contribution in [-0.2, 0) is 6.61 Å². The first-order chi connectivity index (χ1) is 23.7. The fraction of sp³-hybridized carbons (Fsp3) is 0.159. The third-order valence-corrected chi connectivity index (χ3v) is 9.86. The van der Waals surface area contributed by atoms with E-state index in [1.54, 1.807) is 0 Å². The number of nitrogens with one attached hydrogen (secondary N) is 3. The van der Waals surface area contributed by atoms with Gasteiger partial charge in [-0.2, -0.15) is 0 Å². The highest BCUT2D eigenvalue weighted by atomic mass is 16.3. The molecule has 7 aromatic rings. The molecule has 0 unspecified atom stereocenters. The molecule has 1 aliphatic heterocycles. The molecule has 8 rings (SSSR count). The van der Waals surface area contributed by atoms with E-state index in [9.17, 15) is 5.11 Å². The number of rotatable bonds is 4. The average Bonchev–Trinajstić information content (AvgIpc) is 3.89. The summed E-state index contributed by atoms with van der Waals surface area (Å²) < 4.78 is 0. The number of nitrogens with zero attached hydrogens (tertiary/aromatic N) is 1. The molecule has 0 fully saturated rings. The SMILES string of the molecule is Cc1cc(C)c(-c2c3nc(c4ccc([nH]4)c(-c4c(C)cc(C)cc4C)c4ccc([nH]4)c(-c4ccc(CO)cc4)c4ccc2[nH]4)C=C3)c(C)c1. The third-order valence-electron chi connectivity index (χ3n) is 9.86. The summed E-state index contributed by atoms with van der Waals surface area (Å²) in [6.07, 6.45) is 4.26. The maximum atomic E-state index is 9.82. The zero-order valence-corrected chi connectivity index (χ0v) is 28.8. The predicted molar refractivity (Wildman–Crippen MR) is 206 cm³/mol. The molecule has 49 heavy (non-hydrogen) atoms. The fourth-order valence-corrected chi connectivity index (χ4v) is 7.91. The van der Waals surface area contributed by atoms with Gasteiger partial charge in [0.25, 0.3) is 0 Å². The molecule has 0 saturated carbocycles. The van der Waals surface area contributed by atoms with Gasteiger partial charge in [-0.15, -0.1) is 0 Å². The monoisotopic (exact) mass is 640 g/mol. The molecule has 3 aromatic carbocycles. The molecule has 0 amide bonds. The maximum absolute atomic E-state index is 9.82. The van der Waals surface area contributed by atoms with Gasteiger partial charge in [0.05, 0.1) is 23.5 Å². The molecule has 5 heteroatoms. The number of aromatic amines is 3. The second-order valence-electron chi connectivity index (χ2n) is 13.6. The van der Waals surface area contributed by atoms with E-state index in [0.29, 0.717) is 0 Å². The molecular weight excluding hydrogens is 601 g/mol. The Hall–Kier alpha value is -5.65. The van der Waals surface area contributed by atoms with Crippen LogP contribution in [0.1, 0.15) is 50.3 Å². The minimum atomic E-state index is 0.00281. The van der Waals surface area contributed by atoms with Crippen LogP contribution in [0.3, 0.4) is 0 Å². The van der Waals surface area contributed by atoms with E-state index in [1.807, 2.05) is 12.1 Å². The molecule has 0 atom stereocenters. The van der Waals surface area contributed by atoms with Crippen LogP contribution in [0.15, 0.2) is 84.9 Å². The molecule has 4 N–H and O–H groups in total. The van der Waals surface area contributed by atoms with Gasteiger partial charge in [0.15, 0.2) is 0 Å². The predicted octanol–water partition coefficient (Wildman–Crippen LogP) is 11.0. The lowest BCUT2D eigenvalue weighted by Gasteiger charge is -2.13. The third kappa shape index (κ3) is 5.27. The second kappa shape index (κ2) is 11.8. The van der Waals surface area contributed by atoms with Crippen molar-refractivity contribution in [3.05, 3.63) is 135 Å². The Morgan fingerprint density at radius 3 is 1.37 bits per heavy atom. The van der Waals surface area contributed by atoms with Gasteiger partial charge in [0, 0.05) is 44.3 Å². The van der Waals surface area contributed by atoms with E-state index >= 15 is 0 Å². The highest BCUT2D eigenvalue weighted by molar-refractivity contribution is 6.01. The van der Waals surface area contributed by atoms with E-state index in [1.165, 1.54) is 44.5 Å². The number of fused-ring (bicyclic) bond motifs is 9. The largest absolute Gasteiger partial charge is 0.392 e. The van der Waals surface area contributed by atoms with E-state index in [0.717, 1.165) is 72.3 Å². The van der Waals surface area contributed by atoms with E-state index < -0.39 is 0 Å². The summed E-state index contributed by atoms with van der Waals surface area (Å²) in [5, 5.41) is 9.82. The number of benzene rings is 3. The van der Waals surface area contributed by atoms with Crippen LogP contribution in [0.2, 0.25) is 0 Å². The van der Waals surface area contributed by atoms with Crippen LogP contribution < -0.4 is 0 Å². The Labute approximate surface area is 286 Å². The Kier molecular flexibility index (Phi) is 7.38. The zero-order valence-electron chi connectivity index (χ0n) is 28.8. The lowest BCUT2D eigenvalue weighted by molar-refractivity contribution is 0.282. The molecule has 4 aromatic heterocycles. The zero-order chi connectivity index (χ0) is 34.0. The number of hydrogen-bond donors (Lipinski definition) is 4. The Balaban J connectivity index is 1.57. The smallest absolute Gasteiger partial charge is 0.0872 e. The normalized spacial score (nSPS) is 12.0. The van der Waals surface area contributed by atoms with Gasteiger partial charge in [-0.05, 0) is 135 Å². The Morgan fingerprint density at radius 2 is 0.857 bits per heavy atom. The first-order valence-corrected chi connectivity index (χ1v) is 16.9. The fourth-order valence-electron chi connectivity index (χ4n) is 7.91. The van der Waals surface area contributed by atoms with Gasteiger partial charge in [-0.3, -0.25) is 0 Å². The lowest BCUT2D eigenvalue weighted by atomic mass is 9.92. The van der Waals surface area contributed by atoms with Crippen LogP contribution in [0, 0.1) is 41.5 Å². The van der Waals surface area contributed by atoms with Crippen molar-refractivity contribution in [1.29, 1.82) is 0 Å². The van der Waals surface area contributed by atoms with Crippen LogP contribution in [0.25, 0.3) is 78.6 Å². The van der Waals surface area contributed by atoms with Crippen molar-refractivity contribution in [2.45, 2.75) is 48.1 Å². The first-order valence-electron chi connectivity index (χ1n) is 16.9. The topological polar surface area (TPSA) is 80.5 Å². The van der Waals surface area contributed by atoms with Gasteiger partial charge in [-0.25, -0.2) is 4.98 Å². The molecule has 0 saturated heterocycles. The van der Waals surface area contributed by atoms with Crippen molar-refractivity contribution in [2.24, 2.45) is 0 Å². The molecular formula is C44H40N4O. The number of H-pyrrole nitrogens is 3. The number of aryl methyl sites for hydroxylation is 6. The summed E-state index contributed by atoms with van der Waals surface area (Å²) in [6.45, 7) is 13.1. The first kappa shape index (κ1) is 30.7. The van der Waals surface area contributed by atoms with Crippen LogP contribution in [0.5, 0.6) is 0 Å². The molecule has 0 spiro atoms. The summed E-state index contributed by atoms with van der Waals surface area (Å²) in [4.78, 5) is 16.8. The molecule has 5 heterocycles. The van der Waals surface area contributed by atoms with Gasteiger partial charge in [0.2, 0.25) is 0 Å². The van der Waals surface area contributed by atoms with Gasteiger partial charge in [0.1, 0.15) is 0 Å². The van der Waals surface area contributed by atoms with Crippen LogP contribution in [0.4, 0.5) is 0 Å². The summed E-state index contributed by atoms with van der Waals surface area (Å²) in [6, 6.07) is 30.3. The number of aromatic nitrogens is 4. The van der Waals surface area contributed by atoms with E-state index in [4.69, 9.17) is 4.98 Å². The molecule has 0 radical (unpaired) electrons. The average molecular weight is 641 g/mol. The second-order valence-corrected chi connectivity index (χ2v) is 13.6. The van der Waals surface area contributed by atoms with Crippen molar-refractivity contribution in [1.82, 2.24) is 19.9 Å². The lowest BCUT2D eigenvalue weighted by Crippen LogP contribution is -1.93. The van der Waals surface area contributed by atoms with Gasteiger partial charge < -0.3 is 20.1 Å². The number of hydrogen-bond acceptors (Lipinski definition) is 2. The maximum Gasteiger partial charge on any atom is 0.0872 e. The molecule has 5 nitrogen and oxygen atoms in total. The summed E-state index contributed by atoms with van der Waals surface area (Å²) >= 11 is 0. The van der Waals surface area contributed by atoms with Gasteiger partial charge in [-0.1, -0.05) is 59.7 Å². The molecule has 242 valence electrons. The molecule has 8 bridgehead atoms. The summed E-state index contributed by atoms with van der Waals surface area (Å²) in [5.41, 5.74) is 22.8. The minimum absolute atomic E-state index is 0.00281. The van der Waals surface area contributed by atoms with Crippen LogP contribution >= 0.6 is 0 Å². The van der Waals surface area contributed by atoms with Crippen LogP contribution in [-0.4, -0.2) is 25.0 Å². The van der Waals surface area contributed by atoms with Crippen molar-refractivity contribution in [3.63, 3.8) is 0 Å². The van der Waals surface area contributed by atoms with Crippen molar-refractivity contribution in [3.8, 4) is 33.4 Å². The summed E-state index contributed by atoms with van der Waals surface area (Å²) in [5.74, 6) is 0. The molecule has 1 aliphatic rings. The van der Waals surface area contributed by atoms with Crippen molar-refractivity contribution in [2.75, 3.05) is 0 Å². The highest BCUT2D eigenvalue weighted by Gasteiger charge is 2.18. The van der Waals surface area contributed by atoms with E-state index in [-0.39, 0.29) is 6.61 Å².